The van der Waals surface area contributed by atoms with Crippen LogP contribution in [0.25, 0.3) is 5.76 Å². The third-order valence-electron chi connectivity index (χ3n) is 3.06. The van der Waals surface area contributed by atoms with E-state index in [4.69, 9.17) is 4.74 Å². The summed E-state index contributed by atoms with van der Waals surface area (Å²) in [6, 6.07) is 9.92. The molecular weight excluding hydrogens is 212 g/mol. The molecule has 0 radical (unpaired) electrons. The van der Waals surface area contributed by atoms with Gasteiger partial charge in [0.15, 0.2) is 0 Å². The van der Waals surface area contributed by atoms with Crippen molar-refractivity contribution in [2.75, 3.05) is 0 Å². The van der Waals surface area contributed by atoms with Crippen molar-refractivity contribution in [2.24, 2.45) is 0 Å². The zero-order valence-corrected chi connectivity index (χ0v) is 10.2. The van der Waals surface area contributed by atoms with Gasteiger partial charge in [0.25, 0.3) is 0 Å². The van der Waals surface area contributed by atoms with Crippen molar-refractivity contribution in [3.8, 4) is 0 Å². The van der Waals surface area contributed by atoms with Crippen LogP contribution in [0.5, 0.6) is 0 Å². The lowest BCUT2D eigenvalue weighted by Crippen LogP contribution is -2.05. The van der Waals surface area contributed by atoms with E-state index in [1.54, 1.807) is 0 Å². The van der Waals surface area contributed by atoms with Crippen LogP contribution in [0.15, 0.2) is 35.9 Å². The predicted molar refractivity (Wildman–Crippen MR) is 68.2 cm³/mol. The van der Waals surface area contributed by atoms with Gasteiger partial charge in [-0.25, -0.2) is 0 Å². The molecule has 2 heteroatoms. The predicted octanol–water partition coefficient (Wildman–Crippen LogP) is 3.92. The number of carbonyl (C=O) groups excluding carboxylic acids is 1. The Labute approximate surface area is 102 Å². The molecule has 1 saturated carbocycles. The first-order chi connectivity index (χ1) is 8.27. The van der Waals surface area contributed by atoms with Gasteiger partial charge in [0, 0.05) is 12.5 Å². The van der Waals surface area contributed by atoms with Crippen LogP contribution in [0.3, 0.4) is 0 Å². The highest BCUT2D eigenvalue weighted by atomic mass is 16.5. The summed E-state index contributed by atoms with van der Waals surface area (Å²) in [6.45, 7) is 1.46. The van der Waals surface area contributed by atoms with Crippen molar-refractivity contribution < 1.29 is 9.53 Å². The number of allylic oxidation sites excluding steroid dienone is 1. The van der Waals surface area contributed by atoms with Gasteiger partial charge in [0.2, 0.25) is 0 Å². The van der Waals surface area contributed by atoms with Crippen LogP contribution in [-0.2, 0) is 9.53 Å². The van der Waals surface area contributed by atoms with Gasteiger partial charge in [-0.3, -0.25) is 4.79 Å². The summed E-state index contributed by atoms with van der Waals surface area (Å²) in [4.78, 5) is 11.2. The molecule has 0 amide bonds. The molecule has 0 unspecified atom stereocenters. The molecule has 1 aliphatic rings. The molecular formula is C15H18O2. The molecule has 0 spiro atoms. The molecule has 0 saturated heterocycles. The second kappa shape index (κ2) is 5.67. The molecule has 1 fully saturated rings. The minimum absolute atomic E-state index is 0.234. The molecule has 17 heavy (non-hydrogen) atoms. The third-order valence-corrected chi connectivity index (χ3v) is 3.06. The molecule has 2 rings (SSSR count). The normalized spacial score (nSPS) is 15.5. The molecule has 0 atom stereocenters. The second-order valence-electron chi connectivity index (χ2n) is 4.45. The molecule has 0 bridgehead atoms. The first-order valence-corrected chi connectivity index (χ1v) is 6.23. The molecule has 0 aromatic heterocycles. The Balaban J connectivity index is 2.33. The Bertz CT molecular complexity index is 410. The number of ether oxygens (including phenoxy) is 1. The van der Waals surface area contributed by atoms with Gasteiger partial charge >= 0.3 is 5.97 Å². The monoisotopic (exact) mass is 230 g/mol. The maximum absolute atomic E-state index is 11.2. The minimum Gasteiger partial charge on any atom is -0.426 e. The quantitative estimate of drug-likeness (QED) is 0.568. The topological polar surface area (TPSA) is 26.3 Å². The van der Waals surface area contributed by atoms with Gasteiger partial charge in [0.1, 0.15) is 5.76 Å². The minimum atomic E-state index is -0.234. The fraction of sp³-hybridized carbons (Fsp3) is 0.400. The van der Waals surface area contributed by atoms with Crippen LogP contribution in [0.1, 0.15) is 44.6 Å². The number of hydrogen-bond acceptors (Lipinski definition) is 2. The maximum Gasteiger partial charge on any atom is 0.308 e. The molecule has 2 nitrogen and oxygen atoms in total. The summed E-state index contributed by atoms with van der Waals surface area (Å²) in [7, 11) is 0. The number of esters is 1. The van der Waals surface area contributed by atoms with E-state index in [1.807, 2.05) is 30.3 Å². The Morgan fingerprint density at radius 1 is 1.06 bits per heavy atom. The van der Waals surface area contributed by atoms with E-state index >= 15 is 0 Å². The molecule has 0 aliphatic heterocycles. The lowest BCUT2D eigenvalue weighted by molar-refractivity contribution is -0.134. The number of hydrogen-bond donors (Lipinski definition) is 0. The first kappa shape index (κ1) is 11.9. The highest BCUT2D eigenvalue weighted by Gasteiger charge is 2.15. The molecule has 1 aromatic rings. The molecule has 0 N–H and O–H groups in total. The summed E-state index contributed by atoms with van der Waals surface area (Å²) >= 11 is 0. The molecule has 0 heterocycles. The van der Waals surface area contributed by atoms with Crippen LogP contribution >= 0.6 is 0 Å². The van der Waals surface area contributed by atoms with Crippen molar-refractivity contribution in [2.45, 2.75) is 39.0 Å². The van der Waals surface area contributed by atoms with Gasteiger partial charge in [-0.1, -0.05) is 36.8 Å². The van der Waals surface area contributed by atoms with E-state index in [2.05, 4.69) is 0 Å². The largest absolute Gasteiger partial charge is 0.426 e. The summed E-state index contributed by atoms with van der Waals surface area (Å²) in [5, 5.41) is 0. The van der Waals surface area contributed by atoms with Gasteiger partial charge in [0.05, 0.1) is 0 Å². The number of benzene rings is 1. The Morgan fingerprint density at radius 3 is 2.29 bits per heavy atom. The molecule has 90 valence electrons. The van der Waals surface area contributed by atoms with Crippen LogP contribution in [-0.4, -0.2) is 5.97 Å². The smallest absolute Gasteiger partial charge is 0.308 e. The zero-order chi connectivity index (χ0) is 12.1. The standard InChI is InChI=1S/C15H18O2/c1-12(16)17-15(13-8-4-2-5-9-13)14-10-6-3-7-11-14/h2,4-5,8-9H,3,6-7,10-11H2,1H3. The summed E-state index contributed by atoms with van der Waals surface area (Å²) < 4.78 is 5.42. The lowest BCUT2D eigenvalue weighted by atomic mass is 9.92. The van der Waals surface area contributed by atoms with E-state index in [1.165, 1.54) is 31.8 Å². The SMILES string of the molecule is CC(=O)OC(=C1CCCCC1)c1ccccc1. The third kappa shape index (κ3) is 3.19. The van der Waals surface area contributed by atoms with Gasteiger partial charge < -0.3 is 4.74 Å². The fourth-order valence-corrected chi connectivity index (χ4v) is 2.27. The van der Waals surface area contributed by atoms with Gasteiger partial charge in [-0.05, 0) is 31.3 Å². The van der Waals surface area contributed by atoms with Crippen molar-refractivity contribution in [1.29, 1.82) is 0 Å². The first-order valence-electron chi connectivity index (χ1n) is 6.23. The Kier molecular flexibility index (Phi) is 3.97. The Morgan fingerprint density at radius 2 is 1.71 bits per heavy atom. The highest BCUT2D eigenvalue weighted by Crippen LogP contribution is 2.31. The van der Waals surface area contributed by atoms with Crippen LogP contribution in [0.2, 0.25) is 0 Å². The second-order valence-corrected chi connectivity index (χ2v) is 4.45. The van der Waals surface area contributed by atoms with Crippen LogP contribution in [0.4, 0.5) is 0 Å². The van der Waals surface area contributed by atoms with Crippen molar-refractivity contribution in [3.05, 3.63) is 41.5 Å². The Hall–Kier alpha value is -1.57. The van der Waals surface area contributed by atoms with Crippen molar-refractivity contribution in [3.63, 3.8) is 0 Å². The van der Waals surface area contributed by atoms with E-state index in [0.717, 1.165) is 24.2 Å². The summed E-state index contributed by atoms with van der Waals surface area (Å²) in [6.07, 6.45) is 5.79. The maximum atomic E-state index is 11.2. The fourth-order valence-electron chi connectivity index (χ4n) is 2.27. The summed E-state index contributed by atoms with van der Waals surface area (Å²) in [5.41, 5.74) is 2.30. The van der Waals surface area contributed by atoms with Crippen molar-refractivity contribution >= 4 is 11.7 Å². The summed E-state index contributed by atoms with van der Waals surface area (Å²) in [5.74, 6) is 0.555. The van der Waals surface area contributed by atoms with Gasteiger partial charge in [-0.2, -0.15) is 0 Å². The van der Waals surface area contributed by atoms with Crippen LogP contribution in [0, 0.1) is 0 Å². The van der Waals surface area contributed by atoms with Crippen molar-refractivity contribution in [1.82, 2.24) is 0 Å². The van der Waals surface area contributed by atoms with E-state index in [0.29, 0.717) is 0 Å². The van der Waals surface area contributed by atoms with Gasteiger partial charge in [-0.15, -0.1) is 0 Å². The molecule has 1 aromatic carbocycles. The van der Waals surface area contributed by atoms with E-state index in [9.17, 15) is 4.79 Å². The van der Waals surface area contributed by atoms with E-state index in [-0.39, 0.29) is 5.97 Å². The average molecular weight is 230 g/mol. The van der Waals surface area contributed by atoms with Crippen LogP contribution < -0.4 is 0 Å². The zero-order valence-electron chi connectivity index (χ0n) is 10.2. The number of rotatable bonds is 2. The molecule has 1 aliphatic carbocycles. The highest BCUT2D eigenvalue weighted by molar-refractivity contribution is 5.77. The lowest BCUT2D eigenvalue weighted by Gasteiger charge is -2.18. The average Bonchev–Trinajstić information content (AvgIpc) is 2.38. The number of carbonyl (C=O) groups is 1. The van der Waals surface area contributed by atoms with E-state index < -0.39 is 0 Å².